The zero-order chi connectivity index (χ0) is 16.1. The van der Waals surface area contributed by atoms with Gasteiger partial charge in [-0.3, -0.25) is 0 Å². The first-order valence-corrected chi connectivity index (χ1v) is 8.37. The Bertz CT molecular complexity index is 616. The minimum absolute atomic E-state index is 0.0628. The fraction of sp³-hybridized carbons (Fsp3) is 0.533. The summed E-state index contributed by atoms with van der Waals surface area (Å²) in [4.78, 5) is -0.0628. The molecule has 0 aliphatic carbocycles. The van der Waals surface area contributed by atoms with E-state index in [1.165, 1.54) is 12.1 Å². The molecule has 0 saturated carbocycles. The summed E-state index contributed by atoms with van der Waals surface area (Å²) in [6.45, 7) is 5.61. The van der Waals surface area contributed by atoms with Gasteiger partial charge in [0.1, 0.15) is 6.07 Å². The molecule has 0 radical (unpaired) electrons. The topological polar surface area (TPSA) is 90.2 Å². The molecule has 6 heteroatoms. The summed E-state index contributed by atoms with van der Waals surface area (Å²) in [6.07, 6.45) is 1.32. The molecule has 1 unspecified atom stereocenters. The Hall–Kier alpha value is -1.42. The van der Waals surface area contributed by atoms with E-state index < -0.39 is 15.6 Å². The Labute approximate surface area is 126 Å². The molecule has 0 bridgehead atoms. The van der Waals surface area contributed by atoms with Crippen LogP contribution < -0.4 is 4.72 Å². The average molecular weight is 310 g/mol. The van der Waals surface area contributed by atoms with Crippen molar-refractivity contribution in [2.45, 2.75) is 44.1 Å². The molecule has 1 atom stereocenters. The molecule has 0 spiro atoms. The number of hydrogen-bond donors (Lipinski definition) is 2. The third-order valence-electron chi connectivity index (χ3n) is 3.20. The highest BCUT2D eigenvalue weighted by molar-refractivity contribution is 7.89. The molecule has 21 heavy (non-hydrogen) atoms. The van der Waals surface area contributed by atoms with Gasteiger partial charge < -0.3 is 5.11 Å². The van der Waals surface area contributed by atoms with Crippen LogP contribution in [-0.2, 0) is 10.0 Å². The zero-order valence-electron chi connectivity index (χ0n) is 12.6. The molecular formula is C15H22N2O3S. The number of nitrogens with one attached hydrogen (secondary N) is 1. The maximum atomic E-state index is 12.2. The van der Waals surface area contributed by atoms with Crippen LogP contribution in [0.2, 0.25) is 0 Å². The number of nitrogens with zero attached hydrogens (tertiary/aromatic N) is 1. The minimum Gasteiger partial charge on any atom is -0.389 e. The molecule has 0 aliphatic rings. The first-order chi connectivity index (χ1) is 9.68. The van der Waals surface area contributed by atoms with Crippen molar-refractivity contribution in [3.8, 4) is 6.07 Å². The highest BCUT2D eigenvalue weighted by Crippen LogP contribution is 2.18. The lowest BCUT2D eigenvalue weighted by Crippen LogP contribution is -2.40. The third-order valence-corrected chi connectivity index (χ3v) is 4.66. The van der Waals surface area contributed by atoms with Gasteiger partial charge in [0.2, 0.25) is 10.0 Å². The lowest BCUT2D eigenvalue weighted by atomic mass is 9.96. The highest BCUT2D eigenvalue weighted by atomic mass is 32.2. The smallest absolute Gasteiger partial charge is 0.241 e. The van der Waals surface area contributed by atoms with Gasteiger partial charge in [0.15, 0.2) is 0 Å². The molecule has 1 aromatic carbocycles. The number of hydrogen-bond acceptors (Lipinski definition) is 4. The largest absolute Gasteiger partial charge is 0.389 e. The average Bonchev–Trinajstić information content (AvgIpc) is 2.43. The minimum atomic E-state index is -3.81. The predicted molar refractivity (Wildman–Crippen MR) is 81.0 cm³/mol. The standard InChI is InChI=1S/C15H22N2O3S/c1-12(2)8-9-15(3,18)11-17-21(19,20)14-7-5-4-6-13(14)10-16/h4-7,12,17-18H,8-9,11H2,1-3H3. The van der Waals surface area contributed by atoms with E-state index in [9.17, 15) is 13.5 Å². The molecule has 0 heterocycles. The Kier molecular flexibility index (Phi) is 5.90. The van der Waals surface area contributed by atoms with E-state index in [1.807, 2.05) is 19.9 Å². The van der Waals surface area contributed by atoms with Gasteiger partial charge in [-0.2, -0.15) is 5.26 Å². The number of rotatable bonds is 7. The molecule has 5 nitrogen and oxygen atoms in total. The first kappa shape index (κ1) is 17.6. The lowest BCUT2D eigenvalue weighted by Gasteiger charge is -2.24. The van der Waals surface area contributed by atoms with E-state index in [0.29, 0.717) is 12.3 Å². The van der Waals surface area contributed by atoms with Crippen molar-refractivity contribution in [2.24, 2.45) is 5.92 Å². The van der Waals surface area contributed by atoms with Crippen molar-refractivity contribution in [3.63, 3.8) is 0 Å². The van der Waals surface area contributed by atoms with Gasteiger partial charge in [-0.05, 0) is 37.8 Å². The number of benzene rings is 1. The fourth-order valence-electron chi connectivity index (χ4n) is 1.81. The van der Waals surface area contributed by atoms with Crippen LogP contribution in [-0.4, -0.2) is 25.7 Å². The predicted octanol–water partition coefficient (Wildman–Crippen LogP) is 2.02. The Balaban J connectivity index is 2.80. The van der Waals surface area contributed by atoms with Gasteiger partial charge in [0.05, 0.1) is 16.1 Å². The Morgan fingerprint density at radius 1 is 1.38 bits per heavy atom. The molecule has 0 aliphatic heterocycles. The first-order valence-electron chi connectivity index (χ1n) is 6.89. The van der Waals surface area contributed by atoms with Gasteiger partial charge in [-0.1, -0.05) is 26.0 Å². The fourth-order valence-corrected chi connectivity index (χ4v) is 3.13. The normalized spacial score (nSPS) is 14.7. The molecular weight excluding hydrogens is 288 g/mol. The van der Waals surface area contributed by atoms with E-state index in [2.05, 4.69) is 4.72 Å². The van der Waals surface area contributed by atoms with E-state index >= 15 is 0 Å². The summed E-state index contributed by atoms with van der Waals surface area (Å²) in [5.41, 5.74) is -1.02. The molecule has 116 valence electrons. The van der Waals surface area contributed by atoms with Crippen molar-refractivity contribution >= 4 is 10.0 Å². The number of aliphatic hydroxyl groups is 1. The molecule has 2 N–H and O–H groups in total. The van der Waals surface area contributed by atoms with E-state index in [-0.39, 0.29) is 17.0 Å². The van der Waals surface area contributed by atoms with Gasteiger partial charge in [0, 0.05) is 6.54 Å². The summed E-state index contributed by atoms with van der Waals surface area (Å²) in [5.74, 6) is 0.437. The number of sulfonamides is 1. The zero-order valence-corrected chi connectivity index (χ0v) is 13.4. The van der Waals surface area contributed by atoms with Crippen LogP contribution in [0.4, 0.5) is 0 Å². The summed E-state index contributed by atoms with van der Waals surface area (Å²) in [5, 5.41) is 19.2. The highest BCUT2D eigenvalue weighted by Gasteiger charge is 2.25. The van der Waals surface area contributed by atoms with Crippen LogP contribution in [0, 0.1) is 17.2 Å². The van der Waals surface area contributed by atoms with E-state index in [1.54, 1.807) is 19.1 Å². The summed E-state index contributed by atoms with van der Waals surface area (Å²) >= 11 is 0. The van der Waals surface area contributed by atoms with Gasteiger partial charge >= 0.3 is 0 Å². The van der Waals surface area contributed by atoms with Gasteiger partial charge in [-0.15, -0.1) is 0 Å². The molecule has 0 saturated heterocycles. The van der Waals surface area contributed by atoms with Gasteiger partial charge in [0.25, 0.3) is 0 Å². The summed E-state index contributed by atoms with van der Waals surface area (Å²) in [7, 11) is -3.81. The maximum absolute atomic E-state index is 12.2. The van der Waals surface area contributed by atoms with Crippen molar-refractivity contribution in [1.29, 1.82) is 5.26 Å². The van der Waals surface area contributed by atoms with Crippen molar-refractivity contribution in [3.05, 3.63) is 29.8 Å². The van der Waals surface area contributed by atoms with Crippen molar-refractivity contribution in [1.82, 2.24) is 4.72 Å². The molecule has 1 rings (SSSR count). The van der Waals surface area contributed by atoms with Crippen LogP contribution in [0.1, 0.15) is 39.2 Å². The van der Waals surface area contributed by atoms with Gasteiger partial charge in [-0.25, -0.2) is 13.1 Å². The van der Waals surface area contributed by atoms with Crippen LogP contribution in [0.25, 0.3) is 0 Å². The molecule has 1 aromatic rings. The summed E-state index contributed by atoms with van der Waals surface area (Å²) < 4.78 is 26.8. The second-order valence-corrected chi connectivity index (χ2v) is 7.60. The van der Waals surface area contributed by atoms with Crippen LogP contribution >= 0.6 is 0 Å². The van der Waals surface area contributed by atoms with Crippen molar-refractivity contribution in [2.75, 3.05) is 6.54 Å². The lowest BCUT2D eigenvalue weighted by molar-refractivity contribution is 0.0506. The molecule has 0 fully saturated rings. The third kappa shape index (κ3) is 5.46. The van der Waals surface area contributed by atoms with E-state index in [0.717, 1.165) is 6.42 Å². The SMILES string of the molecule is CC(C)CCC(C)(O)CNS(=O)(=O)c1ccccc1C#N. The number of nitriles is 1. The quantitative estimate of drug-likeness (QED) is 0.806. The van der Waals surface area contributed by atoms with Crippen LogP contribution in [0.15, 0.2) is 29.2 Å². The molecule has 0 aromatic heterocycles. The van der Waals surface area contributed by atoms with E-state index in [4.69, 9.17) is 5.26 Å². The van der Waals surface area contributed by atoms with Crippen molar-refractivity contribution < 1.29 is 13.5 Å². The van der Waals surface area contributed by atoms with Crippen LogP contribution in [0.5, 0.6) is 0 Å². The Morgan fingerprint density at radius 3 is 2.57 bits per heavy atom. The molecule has 0 amide bonds. The second-order valence-electron chi connectivity index (χ2n) is 5.86. The van der Waals surface area contributed by atoms with Crippen LogP contribution in [0.3, 0.4) is 0 Å². The second kappa shape index (κ2) is 7.03. The Morgan fingerprint density at radius 2 is 2.00 bits per heavy atom. The monoisotopic (exact) mass is 310 g/mol. The summed E-state index contributed by atoms with van der Waals surface area (Å²) in [6, 6.07) is 7.86. The maximum Gasteiger partial charge on any atom is 0.241 e.